The molecule has 1 aromatic carbocycles. The molecule has 0 radical (unpaired) electrons. The Hall–Kier alpha value is -1.42. The quantitative estimate of drug-likeness (QED) is 0.887. The molecular formula is C14H19FN2O. The smallest absolute Gasteiger partial charge is 0.242 e. The number of nitrogens with one attached hydrogen (secondary N) is 1. The Labute approximate surface area is 107 Å². The summed E-state index contributed by atoms with van der Waals surface area (Å²) in [4.78, 5) is 14.0. The van der Waals surface area contributed by atoms with Crippen LogP contribution in [0.2, 0.25) is 0 Å². The van der Waals surface area contributed by atoms with Crippen molar-refractivity contribution in [2.24, 2.45) is 0 Å². The molecule has 0 bridgehead atoms. The summed E-state index contributed by atoms with van der Waals surface area (Å²) in [5, 5.41) is 2.98. The highest BCUT2D eigenvalue weighted by molar-refractivity contribution is 5.83. The van der Waals surface area contributed by atoms with Gasteiger partial charge in [-0.05, 0) is 39.4 Å². The Balaban J connectivity index is 2.17. The molecule has 1 unspecified atom stereocenters. The van der Waals surface area contributed by atoms with Crippen LogP contribution in [0.5, 0.6) is 0 Å². The lowest BCUT2D eigenvalue weighted by atomic mass is 9.92. The van der Waals surface area contributed by atoms with E-state index in [4.69, 9.17) is 0 Å². The molecule has 1 fully saturated rings. The topological polar surface area (TPSA) is 32.3 Å². The molecule has 1 aliphatic rings. The Morgan fingerprint density at radius 2 is 2.06 bits per heavy atom. The van der Waals surface area contributed by atoms with Crippen LogP contribution in [0.3, 0.4) is 0 Å². The van der Waals surface area contributed by atoms with E-state index < -0.39 is 6.04 Å². The second kappa shape index (κ2) is 5.48. The van der Waals surface area contributed by atoms with Gasteiger partial charge in [-0.3, -0.25) is 9.69 Å². The molecule has 98 valence electrons. The number of hydrogen-bond donors (Lipinski definition) is 1. The van der Waals surface area contributed by atoms with Crippen LogP contribution in [0.25, 0.3) is 0 Å². The monoisotopic (exact) mass is 250 g/mol. The minimum atomic E-state index is -0.563. The molecular weight excluding hydrogens is 231 g/mol. The summed E-state index contributed by atoms with van der Waals surface area (Å²) >= 11 is 0. The van der Waals surface area contributed by atoms with E-state index in [-0.39, 0.29) is 17.8 Å². The molecule has 4 heteroatoms. The number of carbonyl (C=O) groups excluding carboxylic acids is 1. The van der Waals surface area contributed by atoms with Crippen molar-refractivity contribution in [3.05, 3.63) is 35.6 Å². The zero-order valence-electron chi connectivity index (χ0n) is 10.8. The Kier molecular flexibility index (Phi) is 3.97. The van der Waals surface area contributed by atoms with Gasteiger partial charge >= 0.3 is 0 Å². The largest absolute Gasteiger partial charge is 0.352 e. The van der Waals surface area contributed by atoms with Crippen molar-refractivity contribution >= 4 is 5.91 Å². The predicted octanol–water partition coefficient (Wildman–Crippen LogP) is 2.10. The summed E-state index contributed by atoms with van der Waals surface area (Å²) < 4.78 is 13.8. The molecule has 1 atom stereocenters. The normalized spacial score (nSPS) is 17.3. The van der Waals surface area contributed by atoms with Gasteiger partial charge in [-0.15, -0.1) is 0 Å². The standard InChI is InChI=1S/C14H19FN2O/c1-17(2)13(11-8-3-4-9-12(11)15)14(18)16-10-6-5-7-10/h3-4,8-10,13H,5-7H2,1-2H3,(H,16,18). The van der Waals surface area contributed by atoms with Crippen LogP contribution in [0.1, 0.15) is 30.9 Å². The van der Waals surface area contributed by atoms with E-state index >= 15 is 0 Å². The summed E-state index contributed by atoms with van der Waals surface area (Å²) in [6.45, 7) is 0. The van der Waals surface area contributed by atoms with Crippen molar-refractivity contribution in [3.63, 3.8) is 0 Å². The first kappa shape index (κ1) is 13.0. The first-order chi connectivity index (χ1) is 8.59. The minimum absolute atomic E-state index is 0.116. The summed E-state index contributed by atoms with van der Waals surface area (Å²) in [5.74, 6) is -0.449. The van der Waals surface area contributed by atoms with Crippen molar-refractivity contribution in [1.29, 1.82) is 0 Å². The SMILES string of the molecule is CN(C)C(C(=O)NC1CCC1)c1ccccc1F. The molecule has 2 rings (SSSR count). The van der Waals surface area contributed by atoms with Crippen LogP contribution in [0, 0.1) is 5.82 Å². The van der Waals surface area contributed by atoms with Crippen LogP contribution in [0.15, 0.2) is 24.3 Å². The molecule has 3 nitrogen and oxygen atoms in total. The maximum Gasteiger partial charge on any atom is 0.242 e. The highest BCUT2D eigenvalue weighted by Crippen LogP contribution is 2.24. The van der Waals surface area contributed by atoms with Gasteiger partial charge in [-0.1, -0.05) is 18.2 Å². The Bertz CT molecular complexity index is 430. The second-order valence-corrected chi connectivity index (χ2v) is 5.02. The summed E-state index contributed by atoms with van der Waals surface area (Å²) in [6, 6.07) is 6.16. The maximum absolute atomic E-state index is 13.8. The number of likely N-dealkylation sites (N-methyl/N-ethyl adjacent to an activating group) is 1. The van der Waals surface area contributed by atoms with E-state index in [9.17, 15) is 9.18 Å². The average molecular weight is 250 g/mol. The fraction of sp³-hybridized carbons (Fsp3) is 0.500. The third-order valence-electron chi connectivity index (χ3n) is 3.42. The summed E-state index contributed by atoms with van der Waals surface area (Å²) in [7, 11) is 3.58. The van der Waals surface area contributed by atoms with Gasteiger partial charge in [0.2, 0.25) is 5.91 Å². The highest BCUT2D eigenvalue weighted by Gasteiger charge is 2.28. The predicted molar refractivity (Wildman–Crippen MR) is 68.6 cm³/mol. The molecule has 0 saturated heterocycles. The van der Waals surface area contributed by atoms with E-state index in [0.717, 1.165) is 19.3 Å². The lowest BCUT2D eigenvalue weighted by Gasteiger charge is -2.31. The molecule has 1 N–H and O–H groups in total. The van der Waals surface area contributed by atoms with Gasteiger partial charge in [0.05, 0.1) is 0 Å². The lowest BCUT2D eigenvalue weighted by molar-refractivity contribution is -0.127. The molecule has 1 aromatic rings. The number of amides is 1. The zero-order chi connectivity index (χ0) is 13.1. The van der Waals surface area contributed by atoms with Gasteiger partial charge in [-0.25, -0.2) is 4.39 Å². The minimum Gasteiger partial charge on any atom is -0.352 e. The fourth-order valence-electron chi connectivity index (χ4n) is 2.18. The van der Waals surface area contributed by atoms with Crippen molar-refractivity contribution in [1.82, 2.24) is 10.2 Å². The van der Waals surface area contributed by atoms with Crippen molar-refractivity contribution in [3.8, 4) is 0 Å². The highest BCUT2D eigenvalue weighted by atomic mass is 19.1. The van der Waals surface area contributed by atoms with Gasteiger partial charge in [0.25, 0.3) is 0 Å². The molecule has 1 aliphatic carbocycles. The maximum atomic E-state index is 13.8. The molecule has 0 heterocycles. The van der Waals surface area contributed by atoms with Crippen LogP contribution >= 0.6 is 0 Å². The molecule has 18 heavy (non-hydrogen) atoms. The number of benzene rings is 1. The van der Waals surface area contributed by atoms with E-state index in [2.05, 4.69) is 5.32 Å². The third kappa shape index (κ3) is 2.70. The van der Waals surface area contributed by atoms with Crippen molar-refractivity contribution in [2.75, 3.05) is 14.1 Å². The fourth-order valence-corrected chi connectivity index (χ4v) is 2.18. The van der Waals surface area contributed by atoms with Gasteiger partial charge < -0.3 is 5.32 Å². The van der Waals surface area contributed by atoms with Gasteiger partial charge in [0.15, 0.2) is 0 Å². The van der Waals surface area contributed by atoms with Crippen LogP contribution in [-0.2, 0) is 4.79 Å². The Morgan fingerprint density at radius 3 is 2.56 bits per heavy atom. The van der Waals surface area contributed by atoms with Crippen LogP contribution in [0.4, 0.5) is 4.39 Å². The average Bonchev–Trinajstić information content (AvgIpc) is 2.26. The van der Waals surface area contributed by atoms with Crippen molar-refractivity contribution < 1.29 is 9.18 Å². The zero-order valence-corrected chi connectivity index (χ0v) is 10.8. The van der Waals surface area contributed by atoms with Crippen LogP contribution < -0.4 is 5.32 Å². The second-order valence-electron chi connectivity index (χ2n) is 5.02. The summed E-state index contributed by atoms with van der Waals surface area (Å²) in [6.07, 6.45) is 3.23. The summed E-state index contributed by atoms with van der Waals surface area (Å²) in [5.41, 5.74) is 0.430. The lowest BCUT2D eigenvalue weighted by Crippen LogP contribution is -2.45. The third-order valence-corrected chi connectivity index (χ3v) is 3.42. The number of halogens is 1. The van der Waals surface area contributed by atoms with Crippen LogP contribution in [-0.4, -0.2) is 30.9 Å². The van der Waals surface area contributed by atoms with Gasteiger partial charge in [0.1, 0.15) is 11.9 Å². The molecule has 1 amide bonds. The van der Waals surface area contributed by atoms with Gasteiger partial charge in [0, 0.05) is 11.6 Å². The van der Waals surface area contributed by atoms with E-state index in [1.807, 2.05) is 0 Å². The first-order valence-electron chi connectivity index (χ1n) is 6.31. The van der Waals surface area contributed by atoms with Gasteiger partial charge in [-0.2, -0.15) is 0 Å². The molecule has 0 aromatic heterocycles. The van der Waals surface area contributed by atoms with Crippen molar-refractivity contribution in [2.45, 2.75) is 31.3 Å². The molecule has 0 aliphatic heterocycles. The van der Waals surface area contributed by atoms with E-state index in [1.54, 1.807) is 37.2 Å². The molecule has 1 saturated carbocycles. The van der Waals surface area contributed by atoms with E-state index in [1.165, 1.54) is 6.07 Å². The van der Waals surface area contributed by atoms with E-state index in [0.29, 0.717) is 5.56 Å². The first-order valence-corrected chi connectivity index (χ1v) is 6.31. The molecule has 0 spiro atoms. The number of rotatable bonds is 4. The number of nitrogens with zero attached hydrogens (tertiary/aromatic N) is 1. The number of hydrogen-bond acceptors (Lipinski definition) is 2. The Morgan fingerprint density at radius 1 is 1.39 bits per heavy atom. The number of carbonyl (C=O) groups is 1.